The Morgan fingerprint density at radius 2 is 1.86 bits per heavy atom. The summed E-state index contributed by atoms with van der Waals surface area (Å²) in [5.74, 6) is 0. The number of imidazole rings is 1. The third-order valence-corrected chi connectivity index (χ3v) is 4.68. The van der Waals surface area contributed by atoms with Crippen LogP contribution in [0.25, 0.3) is 10.8 Å². The molecule has 21 heavy (non-hydrogen) atoms. The van der Waals surface area contributed by atoms with Gasteiger partial charge >= 0.3 is 0 Å². The van der Waals surface area contributed by atoms with Crippen LogP contribution in [0, 0.1) is 0 Å². The summed E-state index contributed by atoms with van der Waals surface area (Å²) in [5, 5.41) is 4.70. The number of nitrogens with zero attached hydrogens (tertiary/aromatic N) is 2. The van der Waals surface area contributed by atoms with E-state index in [1.54, 1.807) is 11.3 Å². The van der Waals surface area contributed by atoms with Crippen molar-refractivity contribution in [3.63, 3.8) is 0 Å². The smallest absolute Gasteiger partial charge is 0.0954 e. The second-order valence-electron chi connectivity index (χ2n) is 5.00. The van der Waals surface area contributed by atoms with Crippen LogP contribution in [0.4, 0.5) is 0 Å². The first kappa shape index (κ1) is 12.4. The first-order valence-corrected chi connectivity index (χ1v) is 7.80. The molecule has 4 rings (SSSR count). The summed E-state index contributed by atoms with van der Waals surface area (Å²) in [7, 11) is 0. The van der Waals surface area contributed by atoms with Crippen molar-refractivity contribution < 1.29 is 0 Å². The van der Waals surface area contributed by atoms with E-state index in [0.29, 0.717) is 0 Å². The lowest BCUT2D eigenvalue weighted by Gasteiger charge is -2.19. The number of fused-ring (bicyclic) bond motifs is 1. The van der Waals surface area contributed by atoms with E-state index >= 15 is 0 Å². The second-order valence-corrected chi connectivity index (χ2v) is 5.98. The number of hydrogen-bond donors (Lipinski definition) is 0. The van der Waals surface area contributed by atoms with Gasteiger partial charge in [0.1, 0.15) is 0 Å². The van der Waals surface area contributed by atoms with Crippen molar-refractivity contribution in [3.8, 4) is 0 Å². The zero-order valence-corrected chi connectivity index (χ0v) is 12.2. The Morgan fingerprint density at radius 1 is 0.952 bits per heavy atom. The fourth-order valence-electron chi connectivity index (χ4n) is 2.82. The lowest BCUT2D eigenvalue weighted by Crippen LogP contribution is -2.09. The summed E-state index contributed by atoms with van der Waals surface area (Å²) in [5.41, 5.74) is 1.31. The number of rotatable bonds is 3. The van der Waals surface area contributed by atoms with Crippen molar-refractivity contribution in [2.75, 3.05) is 0 Å². The second kappa shape index (κ2) is 5.19. The fourth-order valence-corrected chi connectivity index (χ4v) is 3.67. The molecule has 0 aliphatic rings. The van der Waals surface area contributed by atoms with E-state index in [9.17, 15) is 0 Å². The van der Waals surface area contributed by atoms with Crippen LogP contribution in [-0.2, 0) is 0 Å². The highest BCUT2D eigenvalue weighted by atomic mass is 32.1. The largest absolute Gasteiger partial charge is 0.325 e. The van der Waals surface area contributed by atoms with Crippen LogP contribution in [0.2, 0.25) is 0 Å². The first-order chi connectivity index (χ1) is 10.4. The normalized spacial score (nSPS) is 12.6. The Bertz CT molecular complexity index is 808. The average molecular weight is 290 g/mol. The minimum atomic E-state index is 0.179. The highest BCUT2D eigenvalue weighted by Crippen LogP contribution is 2.34. The molecule has 0 saturated carbocycles. The minimum Gasteiger partial charge on any atom is -0.325 e. The molecule has 0 radical (unpaired) electrons. The number of thiophene rings is 1. The van der Waals surface area contributed by atoms with E-state index in [1.807, 2.05) is 18.7 Å². The van der Waals surface area contributed by atoms with Crippen molar-refractivity contribution in [3.05, 3.63) is 89.1 Å². The van der Waals surface area contributed by atoms with Crippen LogP contribution in [0.5, 0.6) is 0 Å². The first-order valence-electron chi connectivity index (χ1n) is 6.92. The molecule has 0 aliphatic carbocycles. The molecule has 102 valence electrons. The summed E-state index contributed by atoms with van der Waals surface area (Å²) in [6.07, 6.45) is 5.77. The molecule has 0 amide bonds. The van der Waals surface area contributed by atoms with Crippen LogP contribution in [0.15, 0.2) is 78.7 Å². The number of aromatic nitrogens is 2. The predicted molar refractivity (Wildman–Crippen MR) is 87.7 cm³/mol. The van der Waals surface area contributed by atoms with Gasteiger partial charge in [0.15, 0.2) is 0 Å². The van der Waals surface area contributed by atoms with E-state index in [-0.39, 0.29) is 6.04 Å². The van der Waals surface area contributed by atoms with Gasteiger partial charge in [0.25, 0.3) is 0 Å². The lowest BCUT2D eigenvalue weighted by molar-refractivity contribution is 0.693. The van der Waals surface area contributed by atoms with E-state index in [2.05, 4.69) is 69.5 Å². The van der Waals surface area contributed by atoms with Crippen molar-refractivity contribution in [1.82, 2.24) is 9.55 Å². The summed E-state index contributed by atoms with van der Waals surface area (Å²) >= 11 is 1.78. The molecule has 1 atom stereocenters. The molecule has 0 spiro atoms. The van der Waals surface area contributed by atoms with E-state index in [0.717, 1.165) is 0 Å². The molecule has 4 aromatic rings. The van der Waals surface area contributed by atoms with Gasteiger partial charge in [0.2, 0.25) is 0 Å². The van der Waals surface area contributed by atoms with Gasteiger partial charge in [0.05, 0.1) is 12.4 Å². The van der Waals surface area contributed by atoms with Gasteiger partial charge in [-0.05, 0) is 27.8 Å². The Morgan fingerprint density at radius 3 is 2.67 bits per heavy atom. The summed E-state index contributed by atoms with van der Waals surface area (Å²) in [4.78, 5) is 5.55. The van der Waals surface area contributed by atoms with Crippen molar-refractivity contribution in [1.29, 1.82) is 0 Å². The van der Waals surface area contributed by atoms with Gasteiger partial charge in [-0.15, -0.1) is 11.3 Å². The molecule has 0 fully saturated rings. The van der Waals surface area contributed by atoms with Gasteiger partial charge in [0, 0.05) is 17.3 Å². The molecule has 2 aromatic carbocycles. The fraction of sp³-hybridized carbons (Fsp3) is 0.0556. The molecule has 2 nitrogen and oxygen atoms in total. The molecule has 2 heterocycles. The highest BCUT2D eigenvalue weighted by Gasteiger charge is 2.18. The maximum absolute atomic E-state index is 4.23. The standard InChI is InChI=1S/C18H14N2S/c1-2-7-15-14(5-1)6-3-8-16(15)18(17-9-4-12-21-17)20-11-10-19-13-20/h1-13,18H. The van der Waals surface area contributed by atoms with Crippen LogP contribution in [0.3, 0.4) is 0 Å². The van der Waals surface area contributed by atoms with Crippen molar-refractivity contribution >= 4 is 22.1 Å². The van der Waals surface area contributed by atoms with Gasteiger partial charge in [-0.2, -0.15) is 0 Å². The number of hydrogen-bond acceptors (Lipinski definition) is 2. The molecule has 0 N–H and O–H groups in total. The van der Waals surface area contributed by atoms with Gasteiger partial charge in [-0.25, -0.2) is 4.98 Å². The Balaban J connectivity index is 1.98. The van der Waals surface area contributed by atoms with Crippen LogP contribution in [0.1, 0.15) is 16.5 Å². The zero-order valence-electron chi connectivity index (χ0n) is 11.4. The van der Waals surface area contributed by atoms with Crippen molar-refractivity contribution in [2.24, 2.45) is 0 Å². The van der Waals surface area contributed by atoms with Crippen LogP contribution in [-0.4, -0.2) is 9.55 Å². The van der Waals surface area contributed by atoms with E-state index in [4.69, 9.17) is 0 Å². The van der Waals surface area contributed by atoms with E-state index in [1.165, 1.54) is 21.2 Å². The Labute approximate surface area is 127 Å². The predicted octanol–water partition coefficient (Wildman–Crippen LogP) is 4.74. The summed E-state index contributed by atoms with van der Waals surface area (Å²) < 4.78 is 2.17. The summed E-state index contributed by atoms with van der Waals surface area (Å²) in [6, 6.07) is 19.5. The molecule has 3 heteroatoms. The zero-order chi connectivity index (χ0) is 14.1. The average Bonchev–Trinajstić information content (AvgIpc) is 3.22. The van der Waals surface area contributed by atoms with Crippen LogP contribution >= 0.6 is 11.3 Å². The molecular weight excluding hydrogens is 276 g/mol. The van der Waals surface area contributed by atoms with Gasteiger partial charge in [-0.1, -0.05) is 48.5 Å². The maximum Gasteiger partial charge on any atom is 0.0954 e. The monoisotopic (exact) mass is 290 g/mol. The SMILES string of the molecule is c1csc(C(c2cccc3ccccc23)n2ccnc2)c1. The molecule has 0 aliphatic heterocycles. The third kappa shape index (κ3) is 2.16. The maximum atomic E-state index is 4.23. The molecule has 1 unspecified atom stereocenters. The van der Waals surface area contributed by atoms with Gasteiger partial charge < -0.3 is 4.57 Å². The summed E-state index contributed by atoms with van der Waals surface area (Å²) in [6.45, 7) is 0. The van der Waals surface area contributed by atoms with E-state index < -0.39 is 0 Å². The Hall–Kier alpha value is -2.39. The number of benzene rings is 2. The lowest BCUT2D eigenvalue weighted by atomic mass is 9.97. The third-order valence-electron chi connectivity index (χ3n) is 3.75. The quantitative estimate of drug-likeness (QED) is 0.533. The van der Waals surface area contributed by atoms with Gasteiger partial charge in [-0.3, -0.25) is 0 Å². The minimum absolute atomic E-state index is 0.179. The van der Waals surface area contributed by atoms with Crippen LogP contribution < -0.4 is 0 Å². The molecule has 0 bridgehead atoms. The molecule has 2 aromatic heterocycles. The molecule has 0 saturated heterocycles. The molecular formula is C18H14N2S. The Kier molecular flexibility index (Phi) is 3.05. The topological polar surface area (TPSA) is 17.8 Å². The van der Waals surface area contributed by atoms with Crippen molar-refractivity contribution in [2.45, 2.75) is 6.04 Å². The highest BCUT2D eigenvalue weighted by molar-refractivity contribution is 7.10.